The molecule has 2 aromatic heterocycles. The van der Waals surface area contributed by atoms with Crippen molar-refractivity contribution in [3.05, 3.63) is 62.4 Å². The third kappa shape index (κ3) is 4.34. The van der Waals surface area contributed by atoms with Crippen molar-refractivity contribution >= 4 is 33.4 Å². The van der Waals surface area contributed by atoms with E-state index in [0.29, 0.717) is 0 Å². The van der Waals surface area contributed by atoms with E-state index in [9.17, 15) is 19.2 Å². The Hall–Kier alpha value is -3.27. The van der Waals surface area contributed by atoms with Crippen molar-refractivity contribution in [2.45, 2.75) is 19.5 Å². The average Bonchev–Trinajstić information content (AvgIpc) is 3.11. The van der Waals surface area contributed by atoms with Crippen molar-refractivity contribution in [3.63, 3.8) is 0 Å². The molecular formula is C18H18N4O5S. The van der Waals surface area contributed by atoms with Crippen LogP contribution in [0, 0.1) is 0 Å². The molecule has 0 saturated heterocycles. The van der Waals surface area contributed by atoms with Crippen molar-refractivity contribution < 1.29 is 14.3 Å². The van der Waals surface area contributed by atoms with Crippen LogP contribution in [0.4, 0.5) is 0 Å². The Labute approximate surface area is 163 Å². The van der Waals surface area contributed by atoms with Crippen LogP contribution in [0.3, 0.4) is 0 Å². The lowest BCUT2D eigenvalue weighted by molar-refractivity contribution is -0.152. The van der Waals surface area contributed by atoms with Gasteiger partial charge in [0.1, 0.15) is 11.6 Å². The first-order valence-corrected chi connectivity index (χ1v) is 9.23. The lowest BCUT2D eigenvalue weighted by atomic mass is 10.3. The van der Waals surface area contributed by atoms with Gasteiger partial charge in [-0.1, -0.05) is 12.1 Å². The number of aromatic nitrogens is 3. The van der Waals surface area contributed by atoms with Crippen LogP contribution in [0.2, 0.25) is 0 Å². The van der Waals surface area contributed by atoms with Crippen molar-refractivity contribution in [1.82, 2.24) is 19.4 Å². The molecule has 0 aliphatic carbocycles. The molecular weight excluding hydrogens is 384 g/mol. The Kier molecular flexibility index (Phi) is 5.69. The van der Waals surface area contributed by atoms with Gasteiger partial charge in [0, 0.05) is 19.3 Å². The van der Waals surface area contributed by atoms with Crippen molar-refractivity contribution in [2.75, 3.05) is 13.7 Å². The fourth-order valence-corrected chi connectivity index (χ4v) is 3.51. The smallest absolute Gasteiger partial charge is 0.328 e. The molecule has 0 unspecified atom stereocenters. The predicted octanol–water partition coefficient (Wildman–Crippen LogP) is 0.909. The Bertz CT molecular complexity index is 1100. The molecule has 2 heterocycles. The molecule has 9 nitrogen and oxygen atoms in total. The van der Waals surface area contributed by atoms with Gasteiger partial charge in [-0.05, 0) is 19.1 Å². The lowest BCUT2D eigenvalue weighted by Gasteiger charge is -2.23. The van der Waals surface area contributed by atoms with E-state index in [4.69, 9.17) is 4.74 Å². The Morgan fingerprint density at radius 3 is 2.75 bits per heavy atom. The molecule has 1 atom stereocenters. The minimum Gasteiger partial charge on any atom is -0.454 e. The first-order valence-electron chi connectivity index (χ1n) is 8.41. The molecule has 0 fully saturated rings. The van der Waals surface area contributed by atoms with E-state index >= 15 is 0 Å². The van der Waals surface area contributed by atoms with Crippen LogP contribution in [-0.2, 0) is 20.9 Å². The first-order chi connectivity index (χ1) is 13.3. The summed E-state index contributed by atoms with van der Waals surface area (Å²) in [6.45, 7) is 0.986. The second-order valence-electron chi connectivity index (χ2n) is 6.10. The molecule has 0 aliphatic heterocycles. The van der Waals surface area contributed by atoms with Crippen LogP contribution in [0.1, 0.15) is 18.0 Å². The van der Waals surface area contributed by atoms with Crippen LogP contribution in [0.15, 0.2) is 46.1 Å². The monoisotopic (exact) mass is 402 g/mol. The van der Waals surface area contributed by atoms with E-state index in [2.05, 4.69) is 4.98 Å². The number of benzene rings is 1. The summed E-state index contributed by atoms with van der Waals surface area (Å²) in [4.78, 5) is 54.8. The number of carbonyl (C=O) groups excluding carboxylic acids is 2. The maximum atomic E-state index is 12.4. The van der Waals surface area contributed by atoms with Gasteiger partial charge in [-0.25, -0.2) is 9.78 Å². The second-order valence-corrected chi connectivity index (χ2v) is 7.16. The predicted molar refractivity (Wildman–Crippen MR) is 103 cm³/mol. The van der Waals surface area contributed by atoms with Crippen LogP contribution < -0.4 is 11.2 Å². The SMILES string of the molecule is C[C@@H](c1nc2ccccc2s1)N(C)C(=O)COC(=O)Cn1ccc(=O)[nH]c1=O. The fourth-order valence-electron chi connectivity index (χ4n) is 2.45. The zero-order valence-corrected chi connectivity index (χ0v) is 16.1. The highest BCUT2D eigenvalue weighted by atomic mass is 32.1. The molecule has 3 aromatic rings. The number of H-pyrrole nitrogens is 1. The number of carbonyl (C=O) groups is 2. The summed E-state index contributed by atoms with van der Waals surface area (Å²) < 4.78 is 6.98. The number of thiazole rings is 1. The van der Waals surface area contributed by atoms with E-state index in [0.717, 1.165) is 25.9 Å². The Morgan fingerprint density at radius 2 is 2.04 bits per heavy atom. The maximum Gasteiger partial charge on any atom is 0.328 e. The molecule has 10 heteroatoms. The normalized spacial score (nSPS) is 11.9. The van der Waals surface area contributed by atoms with Gasteiger partial charge in [-0.2, -0.15) is 0 Å². The number of nitrogens with one attached hydrogen (secondary N) is 1. The summed E-state index contributed by atoms with van der Waals surface area (Å²) in [5, 5.41) is 0.781. The summed E-state index contributed by atoms with van der Waals surface area (Å²) in [5.41, 5.74) is -0.416. The molecule has 1 amide bonds. The van der Waals surface area contributed by atoms with Crippen molar-refractivity contribution in [2.24, 2.45) is 0 Å². The molecule has 0 saturated carbocycles. The number of rotatable bonds is 6. The van der Waals surface area contributed by atoms with Crippen molar-refractivity contribution in [3.8, 4) is 0 Å². The van der Waals surface area contributed by atoms with Gasteiger partial charge in [0.25, 0.3) is 11.5 Å². The van der Waals surface area contributed by atoms with Crippen LogP contribution >= 0.6 is 11.3 Å². The fraction of sp³-hybridized carbons (Fsp3) is 0.278. The highest BCUT2D eigenvalue weighted by Crippen LogP contribution is 2.28. The molecule has 0 aliphatic rings. The number of hydrogen-bond acceptors (Lipinski definition) is 7. The zero-order valence-electron chi connectivity index (χ0n) is 15.2. The summed E-state index contributed by atoms with van der Waals surface area (Å²) in [7, 11) is 1.61. The summed E-state index contributed by atoms with van der Waals surface area (Å²) in [5.74, 6) is -1.16. The van der Waals surface area contributed by atoms with Gasteiger partial charge in [0.05, 0.1) is 16.3 Å². The third-order valence-corrected chi connectivity index (χ3v) is 5.40. The zero-order chi connectivity index (χ0) is 20.3. The Morgan fingerprint density at radius 1 is 1.29 bits per heavy atom. The average molecular weight is 402 g/mol. The molecule has 28 heavy (non-hydrogen) atoms. The second kappa shape index (κ2) is 8.17. The van der Waals surface area contributed by atoms with Gasteiger partial charge in [-0.15, -0.1) is 11.3 Å². The molecule has 1 N–H and O–H groups in total. The topological polar surface area (TPSA) is 114 Å². The largest absolute Gasteiger partial charge is 0.454 e. The van der Waals surface area contributed by atoms with E-state index < -0.39 is 36.3 Å². The van der Waals surface area contributed by atoms with E-state index in [1.54, 1.807) is 7.05 Å². The van der Waals surface area contributed by atoms with Gasteiger partial charge in [-0.3, -0.25) is 23.9 Å². The molecule has 0 bridgehead atoms. The van der Waals surface area contributed by atoms with Crippen molar-refractivity contribution in [1.29, 1.82) is 0 Å². The summed E-state index contributed by atoms with van der Waals surface area (Å²) >= 11 is 1.50. The quantitative estimate of drug-likeness (QED) is 0.613. The van der Waals surface area contributed by atoms with E-state index in [1.165, 1.54) is 22.4 Å². The van der Waals surface area contributed by atoms with Gasteiger partial charge < -0.3 is 9.64 Å². The molecule has 1 aromatic carbocycles. The van der Waals surface area contributed by atoms with Crippen LogP contribution in [0.5, 0.6) is 0 Å². The molecule has 146 valence electrons. The first kappa shape index (κ1) is 19.5. The van der Waals surface area contributed by atoms with Gasteiger partial charge >= 0.3 is 11.7 Å². The molecule has 0 radical (unpaired) electrons. The number of hydrogen-bond donors (Lipinski definition) is 1. The third-order valence-electron chi connectivity index (χ3n) is 4.20. The highest BCUT2D eigenvalue weighted by Gasteiger charge is 2.21. The molecule has 0 spiro atoms. The minimum absolute atomic E-state index is 0.287. The number of aromatic amines is 1. The lowest BCUT2D eigenvalue weighted by Crippen LogP contribution is -2.35. The number of esters is 1. The number of nitrogens with zero attached hydrogens (tertiary/aromatic N) is 3. The highest BCUT2D eigenvalue weighted by molar-refractivity contribution is 7.18. The number of amides is 1. The van der Waals surface area contributed by atoms with Gasteiger partial charge in [0.2, 0.25) is 0 Å². The minimum atomic E-state index is -0.761. The van der Waals surface area contributed by atoms with E-state index in [-0.39, 0.29) is 6.04 Å². The standard InChI is InChI=1S/C18H18N4O5S/c1-11(17-19-12-5-3-4-6-13(12)28-17)21(2)15(24)10-27-16(25)9-22-8-7-14(23)20-18(22)26/h3-8,11H,9-10H2,1-2H3,(H,20,23,26)/t11-/m0/s1. The number of likely N-dealkylation sites (N-methyl/N-ethyl adjacent to an activating group) is 1. The number of para-hydroxylation sites is 1. The number of ether oxygens (including phenoxy) is 1. The number of fused-ring (bicyclic) bond motifs is 1. The van der Waals surface area contributed by atoms with Crippen LogP contribution in [-0.4, -0.2) is 45.0 Å². The van der Waals surface area contributed by atoms with Crippen LogP contribution in [0.25, 0.3) is 10.2 Å². The maximum absolute atomic E-state index is 12.4. The van der Waals surface area contributed by atoms with E-state index in [1.807, 2.05) is 36.2 Å². The van der Waals surface area contributed by atoms with Gasteiger partial charge in [0.15, 0.2) is 6.61 Å². The Balaban J connectivity index is 1.58. The molecule has 3 rings (SSSR count). The summed E-state index contributed by atoms with van der Waals surface area (Å²) in [6, 6.07) is 8.53. The summed E-state index contributed by atoms with van der Waals surface area (Å²) in [6.07, 6.45) is 1.19.